The summed E-state index contributed by atoms with van der Waals surface area (Å²) in [5, 5.41) is 21.2. The molecular formula is C15H13N5O3. The summed E-state index contributed by atoms with van der Waals surface area (Å²) >= 11 is 0. The summed E-state index contributed by atoms with van der Waals surface area (Å²) in [6.45, 7) is 1.93. The van der Waals surface area contributed by atoms with Gasteiger partial charge < -0.3 is 9.84 Å². The number of carboxylic acids is 1. The molecule has 0 saturated carbocycles. The monoisotopic (exact) mass is 311 g/mol. The average Bonchev–Trinajstić information content (AvgIpc) is 3.00. The third-order valence-corrected chi connectivity index (χ3v) is 3.16. The van der Waals surface area contributed by atoms with Gasteiger partial charge in [0.25, 0.3) is 0 Å². The minimum atomic E-state index is -1.13. The number of rotatable bonds is 4. The number of hydrogen-bond donors (Lipinski definition) is 1. The Morgan fingerprint density at radius 2 is 2.04 bits per heavy atom. The lowest BCUT2D eigenvalue weighted by Crippen LogP contribution is -2.06. The molecule has 0 aromatic carbocycles. The largest absolute Gasteiger partial charge is 0.480 e. The number of carbonyl (C=O) groups is 1. The number of carboxylic acid groups (broad SMARTS) is 1. The number of methoxy groups -OCH3 is 1. The van der Waals surface area contributed by atoms with Crippen molar-refractivity contribution in [3.05, 3.63) is 47.8 Å². The van der Waals surface area contributed by atoms with Gasteiger partial charge in [0.15, 0.2) is 11.5 Å². The second-order valence-electron chi connectivity index (χ2n) is 4.78. The smallest absolute Gasteiger partial charge is 0.356 e. The first-order chi connectivity index (χ1) is 11.1. The zero-order valence-electron chi connectivity index (χ0n) is 12.5. The van der Waals surface area contributed by atoms with Gasteiger partial charge in [0.05, 0.1) is 18.5 Å². The fourth-order valence-electron chi connectivity index (χ4n) is 2.05. The molecule has 0 atom stereocenters. The van der Waals surface area contributed by atoms with Crippen molar-refractivity contribution >= 4 is 5.97 Å². The Balaban J connectivity index is 2.16. The number of nitrogens with zero attached hydrogens (tertiary/aromatic N) is 5. The standard InChI is InChI=1S/C15H13N5O3/c1-9-5-6-16-10(7-9)12-8-11(15(21)22)19-20(12)13-3-4-14(23-2)18-17-13/h3-8H,1-2H3,(H,21,22). The van der Waals surface area contributed by atoms with Gasteiger partial charge in [-0.3, -0.25) is 4.98 Å². The number of pyridine rings is 1. The minimum Gasteiger partial charge on any atom is -0.480 e. The number of aromatic carboxylic acids is 1. The highest BCUT2D eigenvalue weighted by molar-refractivity contribution is 5.87. The maximum absolute atomic E-state index is 11.2. The van der Waals surface area contributed by atoms with Gasteiger partial charge in [-0.1, -0.05) is 0 Å². The van der Waals surface area contributed by atoms with Gasteiger partial charge >= 0.3 is 5.97 Å². The van der Waals surface area contributed by atoms with E-state index in [-0.39, 0.29) is 5.69 Å². The SMILES string of the molecule is COc1ccc(-n2nc(C(=O)O)cc2-c2cc(C)ccn2)nn1. The van der Waals surface area contributed by atoms with Gasteiger partial charge in [0, 0.05) is 18.3 Å². The van der Waals surface area contributed by atoms with E-state index in [1.807, 2.05) is 19.1 Å². The Morgan fingerprint density at radius 3 is 2.65 bits per heavy atom. The number of aryl methyl sites for hydroxylation is 1. The first kappa shape index (κ1) is 14.6. The molecule has 0 aliphatic heterocycles. The van der Waals surface area contributed by atoms with Crippen molar-refractivity contribution in [1.82, 2.24) is 25.0 Å². The molecule has 0 unspecified atom stereocenters. The fraction of sp³-hybridized carbons (Fsp3) is 0.133. The minimum absolute atomic E-state index is 0.0964. The van der Waals surface area contributed by atoms with Crippen molar-refractivity contribution < 1.29 is 14.6 Å². The molecule has 0 aliphatic rings. The lowest BCUT2D eigenvalue weighted by molar-refractivity contribution is 0.0690. The third-order valence-electron chi connectivity index (χ3n) is 3.16. The van der Waals surface area contributed by atoms with Crippen LogP contribution in [0.5, 0.6) is 5.88 Å². The van der Waals surface area contributed by atoms with Crippen LogP contribution in [-0.2, 0) is 0 Å². The fourth-order valence-corrected chi connectivity index (χ4v) is 2.05. The summed E-state index contributed by atoms with van der Waals surface area (Å²) in [6.07, 6.45) is 1.65. The van der Waals surface area contributed by atoms with Crippen LogP contribution in [0.2, 0.25) is 0 Å². The summed E-state index contributed by atoms with van der Waals surface area (Å²) in [7, 11) is 1.49. The van der Waals surface area contributed by atoms with Crippen molar-refractivity contribution in [2.75, 3.05) is 7.11 Å². The Bertz CT molecular complexity index is 858. The Kier molecular flexibility index (Phi) is 3.71. The normalized spacial score (nSPS) is 10.5. The molecule has 0 bridgehead atoms. The first-order valence-electron chi connectivity index (χ1n) is 6.73. The summed E-state index contributed by atoms with van der Waals surface area (Å²) in [5.41, 5.74) is 2.02. The van der Waals surface area contributed by atoms with Crippen LogP contribution < -0.4 is 4.74 Å². The van der Waals surface area contributed by atoms with Gasteiger partial charge in [0.1, 0.15) is 0 Å². The number of aromatic nitrogens is 5. The molecule has 0 radical (unpaired) electrons. The van der Waals surface area contributed by atoms with Crippen LogP contribution in [0.3, 0.4) is 0 Å². The van der Waals surface area contributed by atoms with E-state index in [1.165, 1.54) is 17.9 Å². The van der Waals surface area contributed by atoms with Crippen LogP contribution in [0.15, 0.2) is 36.5 Å². The van der Waals surface area contributed by atoms with E-state index in [9.17, 15) is 9.90 Å². The van der Waals surface area contributed by atoms with E-state index < -0.39 is 5.97 Å². The molecule has 3 aromatic heterocycles. The van der Waals surface area contributed by atoms with Gasteiger partial charge in [-0.15, -0.1) is 10.2 Å². The molecule has 0 amide bonds. The van der Waals surface area contributed by atoms with Gasteiger partial charge in [-0.25, -0.2) is 9.48 Å². The van der Waals surface area contributed by atoms with Crippen LogP contribution in [0.25, 0.3) is 17.2 Å². The summed E-state index contributed by atoms with van der Waals surface area (Å²) in [6, 6.07) is 8.42. The maximum atomic E-state index is 11.2. The molecule has 3 rings (SSSR count). The molecular weight excluding hydrogens is 298 g/mol. The summed E-state index contributed by atoms with van der Waals surface area (Å²) in [4.78, 5) is 15.5. The van der Waals surface area contributed by atoms with E-state index in [0.717, 1.165) is 5.56 Å². The van der Waals surface area contributed by atoms with E-state index in [4.69, 9.17) is 4.74 Å². The lowest BCUT2D eigenvalue weighted by Gasteiger charge is -2.06. The molecule has 8 heteroatoms. The Labute approximate surface area is 131 Å². The molecule has 3 heterocycles. The molecule has 3 aromatic rings. The predicted octanol–water partition coefficient (Wildman–Crippen LogP) is 1.74. The third kappa shape index (κ3) is 2.86. The van der Waals surface area contributed by atoms with Crippen molar-refractivity contribution in [3.8, 4) is 23.1 Å². The summed E-state index contributed by atoms with van der Waals surface area (Å²) in [5.74, 6) is -0.398. The number of ether oxygens (including phenoxy) is 1. The molecule has 23 heavy (non-hydrogen) atoms. The topological polar surface area (TPSA) is 103 Å². The Morgan fingerprint density at radius 1 is 1.22 bits per heavy atom. The molecule has 0 aliphatic carbocycles. The van der Waals surface area contributed by atoms with E-state index in [0.29, 0.717) is 23.1 Å². The Hall–Kier alpha value is -3.29. The molecule has 1 N–H and O–H groups in total. The van der Waals surface area contributed by atoms with E-state index >= 15 is 0 Å². The molecule has 8 nitrogen and oxygen atoms in total. The highest BCUT2D eigenvalue weighted by Crippen LogP contribution is 2.22. The van der Waals surface area contributed by atoms with E-state index in [2.05, 4.69) is 20.3 Å². The van der Waals surface area contributed by atoms with Crippen LogP contribution in [0.1, 0.15) is 16.1 Å². The highest BCUT2D eigenvalue weighted by atomic mass is 16.5. The van der Waals surface area contributed by atoms with Gasteiger partial charge in [-0.05, 0) is 30.7 Å². The first-order valence-corrected chi connectivity index (χ1v) is 6.73. The molecule has 0 spiro atoms. The van der Waals surface area contributed by atoms with Crippen molar-refractivity contribution in [3.63, 3.8) is 0 Å². The van der Waals surface area contributed by atoms with Crippen LogP contribution >= 0.6 is 0 Å². The molecule has 0 fully saturated rings. The van der Waals surface area contributed by atoms with Crippen LogP contribution in [0.4, 0.5) is 0 Å². The zero-order valence-corrected chi connectivity index (χ0v) is 12.5. The second-order valence-corrected chi connectivity index (χ2v) is 4.78. The molecule has 0 saturated heterocycles. The van der Waals surface area contributed by atoms with Crippen LogP contribution in [0, 0.1) is 6.92 Å². The maximum Gasteiger partial charge on any atom is 0.356 e. The van der Waals surface area contributed by atoms with Gasteiger partial charge in [0.2, 0.25) is 5.88 Å². The second kappa shape index (κ2) is 5.84. The average molecular weight is 311 g/mol. The summed E-state index contributed by atoms with van der Waals surface area (Å²) < 4.78 is 6.37. The highest BCUT2D eigenvalue weighted by Gasteiger charge is 2.18. The quantitative estimate of drug-likeness (QED) is 0.782. The van der Waals surface area contributed by atoms with E-state index in [1.54, 1.807) is 18.3 Å². The number of hydrogen-bond acceptors (Lipinski definition) is 6. The van der Waals surface area contributed by atoms with Crippen molar-refractivity contribution in [1.29, 1.82) is 0 Å². The zero-order chi connectivity index (χ0) is 16.4. The predicted molar refractivity (Wildman–Crippen MR) is 80.6 cm³/mol. The van der Waals surface area contributed by atoms with Crippen molar-refractivity contribution in [2.45, 2.75) is 6.92 Å². The van der Waals surface area contributed by atoms with Crippen LogP contribution in [-0.4, -0.2) is 43.1 Å². The van der Waals surface area contributed by atoms with Gasteiger partial charge in [-0.2, -0.15) is 5.10 Å². The van der Waals surface area contributed by atoms with Crippen molar-refractivity contribution in [2.24, 2.45) is 0 Å². The molecule has 116 valence electrons. The lowest BCUT2D eigenvalue weighted by atomic mass is 10.2.